The second-order valence-corrected chi connectivity index (χ2v) is 14.8. The highest BCUT2D eigenvalue weighted by Crippen LogP contribution is 2.72. The van der Waals surface area contributed by atoms with Gasteiger partial charge in [0.1, 0.15) is 6.10 Å². The van der Waals surface area contributed by atoms with E-state index in [4.69, 9.17) is 9.47 Å². The van der Waals surface area contributed by atoms with Gasteiger partial charge in [0.05, 0.1) is 19.1 Å². The van der Waals surface area contributed by atoms with Crippen molar-refractivity contribution in [3.05, 3.63) is 23.3 Å². The molecule has 2 fully saturated rings. The molecule has 39 heavy (non-hydrogen) atoms. The second-order valence-electron chi connectivity index (χ2n) is 14.8. The van der Waals surface area contributed by atoms with Gasteiger partial charge < -0.3 is 14.6 Å². The zero-order valence-corrected chi connectivity index (χ0v) is 26.1. The van der Waals surface area contributed by atoms with E-state index in [1.807, 2.05) is 6.92 Å². The monoisotopic (exact) mass is 542 g/mol. The molecule has 4 aliphatic rings. The molecule has 4 aliphatic carbocycles. The Morgan fingerprint density at radius 3 is 2.33 bits per heavy atom. The lowest BCUT2D eigenvalue weighted by Crippen LogP contribution is -2.58. The molecule has 3 unspecified atom stereocenters. The van der Waals surface area contributed by atoms with Crippen molar-refractivity contribution in [2.45, 2.75) is 125 Å². The third-order valence-corrected chi connectivity index (χ3v) is 12.9. The molecule has 2 saturated carbocycles. The van der Waals surface area contributed by atoms with Crippen LogP contribution in [0, 0.1) is 45.3 Å². The zero-order chi connectivity index (χ0) is 29.1. The summed E-state index contributed by atoms with van der Waals surface area (Å²) in [4.78, 5) is 23.9. The molecule has 9 atom stereocenters. The number of methoxy groups -OCH3 is 1. The van der Waals surface area contributed by atoms with Gasteiger partial charge in [-0.2, -0.15) is 0 Å². The number of aliphatic hydroxyl groups is 1. The Balaban J connectivity index is 1.60. The first kappa shape index (κ1) is 30.3. The number of carbonyl (C=O) groups is 2. The summed E-state index contributed by atoms with van der Waals surface area (Å²) in [6, 6.07) is 0. The van der Waals surface area contributed by atoms with Gasteiger partial charge in [-0.05, 0) is 93.3 Å². The summed E-state index contributed by atoms with van der Waals surface area (Å²) >= 11 is 0. The summed E-state index contributed by atoms with van der Waals surface area (Å²) in [5.74, 6) is 0.606. The fraction of sp³-hybridized carbons (Fsp3) is 0.824. The summed E-state index contributed by atoms with van der Waals surface area (Å²) in [6.07, 6.45) is 8.46. The third-order valence-electron chi connectivity index (χ3n) is 12.9. The van der Waals surface area contributed by atoms with Crippen LogP contribution in [0.2, 0.25) is 0 Å². The minimum Gasteiger partial charge on any atom is -0.469 e. The summed E-state index contributed by atoms with van der Waals surface area (Å²) in [5, 5.41) is 12.1. The highest BCUT2D eigenvalue weighted by Gasteiger charge is 2.66. The standard InChI is InChI=1S/C34H54O5/c1-20(22(3)30(37)38-10)11-12-21(2)24-15-18-33(8)25-13-14-27-31(5,6)29(39-23(4)35)16-17-32(27,7)26(25)19-28(36)34(24,33)9/h21-22,24,27-29,36H,1,11-19H2,2-10H3/t21-,22?,24-,27+,28?,29?,32-,33+,34+/m1/s1. The summed E-state index contributed by atoms with van der Waals surface area (Å²) in [5.41, 5.74) is 3.84. The zero-order valence-electron chi connectivity index (χ0n) is 26.1. The molecule has 0 aromatic rings. The smallest absolute Gasteiger partial charge is 0.312 e. The molecule has 5 nitrogen and oxygen atoms in total. The van der Waals surface area contributed by atoms with E-state index in [1.54, 1.807) is 5.57 Å². The van der Waals surface area contributed by atoms with Crippen molar-refractivity contribution in [3.8, 4) is 0 Å². The maximum absolute atomic E-state index is 12.1. The van der Waals surface area contributed by atoms with Crippen LogP contribution in [0.1, 0.15) is 113 Å². The van der Waals surface area contributed by atoms with Gasteiger partial charge in [-0.25, -0.2) is 0 Å². The molecular weight excluding hydrogens is 488 g/mol. The largest absolute Gasteiger partial charge is 0.469 e. The molecule has 5 heteroatoms. The van der Waals surface area contributed by atoms with E-state index in [-0.39, 0.29) is 51.7 Å². The summed E-state index contributed by atoms with van der Waals surface area (Å²) < 4.78 is 10.8. The molecular formula is C34H54O5. The quantitative estimate of drug-likeness (QED) is 0.268. The Morgan fingerprint density at radius 2 is 1.72 bits per heavy atom. The van der Waals surface area contributed by atoms with E-state index in [9.17, 15) is 14.7 Å². The molecule has 0 heterocycles. The van der Waals surface area contributed by atoms with Crippen molar-refractivity contribution in [2.24, 2.45) is 45.3 Å². The van der Waals surface area contributed by atoms with E-state index in [1.165, 1.54) is 19.6 Å². The molecule has 0 amide bonds. The Bertz CT molecular complexity index is 1040. The van der Waals surface area contributed by atoms with Crippen molar-refractivity contribution < 1.29 is 24.2 Å². The van der Waals surface area contributed by atoms with Crippen LogP contribution in [0.25, 0.3) is 0 Å². The number of hydrogen-bond acceptors (Lipinski definition) is 5. The number of fused-ring (bicyclic) bond motifs is 4. The normalized spacial score (nSPS) is 40.6. The lowest BCUT2D eigenvalue weighted by atomic mass is 9.42. The first-order valence-electron chi connectivity index (χ1n) is 15.4. The fourth-order valence-corrected chi connectivity index (χ4v) is 10.2. The van der Waals surface area contributed by atoms with Gasteiger partial charge >= 0.3 is 11.9 Å². The predicted molar refractivity (Wildman–Crippen MR) is 155 cm³/mol. The van der Waals surface area contributed by atoms with E-state index in [0.29, 0.717) is 17.8 Å². The molecule has 4 rings (SSSR count). The number of esters is 2. The van der Waals surface area contributed by atoms with Gasteiger partial charge in [-0.15, -0.1) is 0 Å². The highest BCUT2D eigenvalue weighted by atomic mass is 16.5. The Hall–Kier alpha value is -1.62. The van der Waals surface area contributed by atoms with Gasteiger partial charge in [0, 0.05) is 17.8 Å². The van der Waals surface area contributed by atoms with E-state index < -0.39 is 0 Å². The lowest BCUT2D eigenvalue weighted by molar-refractivity contribution is -0.168. The number of ether oxygens (including phenoxy) is 2. The average molecular weight is 543 g/mol. The molecule has 220 valence electrons. The Morgan fingerprint density at radius 1 is 1.05 bits per heavy atom. The number of hydrogen-bond donors (Lipinski definition) is 1. The van der Waals surface area contributed by atoms with Crippen LogP contribution in [0.4, 0.5) is 0 Å². The number of allylic oxidation sites excluding steroid dienone is 1. The first-order chi connectivity index (χ1) is 18.1. The lowest BCUT2D eigenvalue weighted by Gasteiger charge is -2.63. The van der Waals surface area contributed by atoms with Gasteiger partial charge in [0.2, 0.25) is 0 Å². The van der Waals surface area contributed by atoms with Crippen molar-refractivity contribution in [1.29, 1.82) is 0 Å². The van der Waals surface area contributed by atoms with E-state index >= 15 is 0 Å². The van der Waals surface area contributed by atoms with Crippen LogP contribution < -0.4 is 0 Å². The molecule has 0 aromatic carbocycles. The molecule has 0 saturated heterocycles. The molecule has 0 bridgehead atoms. The topological polar surface area (TPSA) is 72.8 Å². The number of carbonyl (C=O) groups excluding carboxylic acids is 2. The number of aliphatic hydroxyl groups excluding tert-OH is 1. The van der Waals surface area contributed by atoms with Crippen LogP contribution in [-0.4, -0.2) is 36.4 Å². The van der Waals surface area contributed by atoms with E-state index in [0.717, 1.165) is 63.4 Å². The first-order valence-corrected chi connectivity index (χ1v) is 15.4. The maximum atomic E-state index is 12.1. The molecule has 1 N–H and O–H groups in total. The van der Waals surface area contributed by atoms with Crippen molar-refractivity contribution in [3.63, 3.8) is 0 Å². The van der Waals surface area contributed by atoms with Crippen molar-refractivity contribution in [2.75, 3.05) is 7.11 Å². The SMILES string of the molecule is C=C(CC[C@@H](C)[C@H]1CC[C@@]2(C)C3=C(CC(O)[C@]12C)[C@@]1(C)CCC(OC(C)=O)C(C)(C)[C@@H]1CC3)C(C)C(=O)OC. The Kier molecular flexibility index (Phi) is 8.04. The summed E-state index contributed by atoms with van der Waals surface area (Å²) in [7, 11) is 1.43. The van der Waals surface area contributed by atoms with Crippen molar-refractivity contribution in [1.82, 2.24) is 0 Å². The van der Waals surface area contributed by atoms with Crippen LogP contribution in [0.15, 0.2) is 23.3 Å². The van der Waals surface area contributed by atoms with Crippen LogP contribution in [0.5, 0.6) is 0 Å². The fourth-order valence-electron chi connectivity index (χ4n) is 10.2. The van der Waals surface area contributed by atoms with Gasteiger partial charge in [0.15, 0.2) is 0 Å². The highest BCUT2D eigenvalue weighted by molar-refractivity contribution is 5.74. The van der Waals surface area contributed by atoms with Crippen LogP contribution in [-0.2, 0) is 19.1 Å². The van der Waals surface area contributed by atoms with Crippen LogP contribution >= 0.6 is 0 Å². The van der Waals surface area contributed by atoms with E-state index in [2.05, 4.69) is 48.1 Å². The summed E-state index contributed by atoms with van der Waals surface area (Å²) in [6.45, 7) is 21.8. The number of rotatable bonds is 7. The molecule has 0 spiro atoms. The molecule has 0 aliphatic heterocycles. The predicted octanol–water partition coefficient (Wildman–Crippen LogP) is 7.42. The third kappa shape index (κ3) is 4.53. The molecule has 0 radical (unpaired) electrons. The maximum Gasteiger partial charge on any atom is 0.312 e. The average Bonchev–Trinajstić information content (AvgIpc) is 3.16. The van der Waals surface area contributed by atoms with Crippen LogP contribution in [0.3, 0.4) is 0 Å². The Labute approximate surface area is 237 Å². The van der Waals surface area contributed by atoms with Gasteiger partial charge in [0.25, 0.3) is 0 Å². The molecule has 0 aromatic heterocycles. The van der Waals surface area contributed by atoms with Gasteiger partial charge in [-0.3, -0.25) is 9.59 Å². The van der Waals surface area contributed by atoms with Crippen molar-refractivity contribution >= 4 is 11.9 Å². The minimum atomic E-state index is -0.377. The second kappa shape index (κ2) is 10.3. The minimum absolute atomic E-state index is 0.0138. The van der Waals surface area contributed by atoms with Gasteiger partial charge in [-0.1, -0.05) is 64.8 Å².